The van der Waals surface area contributed by atoms with Gasteiger partial charge in [-0.05, 0) is 51.3 Å². The van der Waals surface area contributed by atoms with Gasteiger partial charge in [-0.3, -0.25) is 14.7 Å². The first-order chi connectivity index (χ1) is 13.6. The molecule has 0 bridgehead atoms. The van der Waals surface area contributed by atoms with Gasteiger partial charge in [0.1, 0.15) is 0 Å². The summed E-state index contributed by atoms with van der Waals surface area (Å²) in [6.07, 6.45) is 6.86. The average Bonchev–Trinajstić information content (AvgIpc) is 3.10. The molecule has 7 nitrogen and oxygen atoms in total. The van der Waals surface area contributed by atoms with Gasteiger partial charge in [0.15, 0.2) is 0 Å². The van der Waals surface area contributed by atoms with E-state index in [1.165, 1.54) is 6.42 Å². The van der Waals surface area contributed by atoms with E-state index in [-0.39, 0.29) is 17.9 Å². The van der Waals surface area contributed by atoms with Crippen molar-refractivity contribution in [3.8, 4) is 0 Å². The average molecular weight is 383 g/mol. The van der Waals surface area contributed by atoms with Gasteiger partial charge in [0.05, 0.1) is 17.6 Å². The van der Waals surface area contributed by atoms with Gasteiger partial charge in [-0.15, -0.1) is 0 Å². The number of H-pyrrole nitrogens is 1. The standard InChI is InChI=1S/C21H29N5O2/c1-25-13-17(21(28)26-9-3-2-4-10-26)7-8-18(14-25)23-20(27)15-5-6-16-12-22-24-19(16)11-15/h5-6,11-12,17-18H,2-4,7-10,13-14H2,1H3,(H,22,24)(H,23,27)/t17-,18+/m1/s1. The summed E-state index contributed by atoms with van der Waals surface area (Å²) in [7, 11) is 2.04. The van der Waals surface area contributed by atoms with Crippen molar-refractivity contribution in [3.63, 3.8) is 0 Å². The van der Waals surface area contributed by atoms with Crippen molar-refractivity contribution >= 4 is 22.7 Å². The molecule has 2 amide bonds. The highest BCUT2D eigenvalue weighted by Gasteiger charge is 2.30. The smallest absolute Gasteiger partial charge is 0.251 e. The van der Waals surface area contributed by atoms with Crippen molar-refractivity contribution < 1.29 is 9.59 Å². The van der Waals surface area contributed by atoms with Crippen LogP contribution in [0, 0.1) is 5.92 Å². The second-order valence-corrected chi connectivity index (χ2v) is 8.22. The van der Waals surface area contributed by atoms with E-state index in [2.05, 4.69) is 20.4 Å². The summed E-state index contributed by atoms with van der Waals surface area (Å²) in [5.74, 6) is 0.255. The van der Waals surface area contributed by atoms with Crippen molar-refractivity contribution in [1.29, 1.82) is 0 Å². The second kappa shape index (κ2) is 8.31. The molecular formula is C21H29N5O2. The molecule has 0 spiro atoms. The lowest BCUT2D eigenvalue weighted by Gasteiger charge is -2.31. The molecule has 2 aliphatic heterocycles. The fraction of sp³-hybridized carbons (Fsp3) is 0.571. The third kappa shape index (κ3) is 4.19. The quantitative estimate of drug-likeness (QED) is 0.850. The Labute approximate surface area is 165 Å². The summed E-state index contributed by atoms with van der Waals surface area (Å²) >= 11 is 0. The Kier molecular flexibility index (Phi) is 5.62. The molecule has 2 fully saturated rings. The molecule has 2 aliphatic rings. The minimum atomic E-state index is -0.0734. The normalized spacial score (nSPS) is 24.1. The van der Waals surface area contributed by atoms with Crippen molar-refractivity contribution in [3.05, 3.63) is 30.0 Å². The van der Waals surface area contributed by atoms with E-state index in [1.54, 1.807) is 6.20 Å². The number of nitrogens with zero attached hydrogens (tertiary/aromatic N) is 3. The molecule has 0 unspecified atom stereocenters. The van der Waals surface area contributed by atoms with Crippen molar-refractivity contribution in [1.82, 2.24) is 25.3 Å². The van der Waals surface area contributed by atoms with E-state index in [1.807, 2.05) is 30.1 Å². The number of hydrogen-bond acceptors (Lipinski definition) is 4. The summed E-state index contributed by atoms with van der Waals surface area (Å²) in [5, 5.41) is 11.1. The van der Waals surface area contributed by atoms with Gasteiger partial charge < -0.3 is 15.1 Å². The highest BCUT2D eigenvalue weighted by atomic mass is 16.2. The van der Waals surface area contributed by atoms with Crippen LogP contribution < -0.4 is 5.32 Å². The number of piperidine rings is 1. The first-order valence-corrected chi connectivity index (χ1v) is 10.3. The molecule has 0 saturated carbocycles. The molecule has 150 valence electrons. The maximum absolute atomic E-state index is 12.9. The summed E-state index contributed by atoms with van der Waals surface area (Å²) in [6.45, 7) is 3.33. The number of benzene rings is 1. The number of amides is 2. The third-order valence-electron chi connectivity index (χ3n) is 5.98. The van der Waals surface area contributed by atoms with Gasteiger partial charge in [-0.2, -0.15) is 5.10 Å². The summed E-state index contributed by atoms with van der Waals surface area (Å²) < 4.78 is 0. The number of carbonyl (C=O) groups is 2. The van der Waals surface area contributed by atoms with Gasteiger partial charge in [-0.1, -0.05) is 6.07 Å². The lowest BCUT2D eigenvalue weighted by molar-refractivity contribution is -0.137. The fourth-order valence-electron chi connectivity index (χ4n) is 4.45. The number of carbonyl (C=O) groups excluding carboxylic acids is 2. The number of aromatic amines is 1. The molecule has 7 heteroatoms. The Morgan fingerprint density at radius 3 is 2.79 bits per heavy atom. The molecule has 2 N–H and O–H groups in total. The lowest BCUT2D eigenvalue weighted by atomic mass is 9.98. The minimum absolute atomic E-state index is 0.0337. The van der Waals surface area contributed by atoms with Crippen LogP contribution in [-0.4, -0.2) is 71.1 Å². The number of likely N-dealkylation sites (N-methyl/N-ethyl adjacent to an activating group) is 1. The second-order valence-electron chi connectivity index (χ2n) is 8.22. The van der Waals surface area contributed by atoms with Crippen molar-refractivity contribution in [2.24, 2.45) is 5.92 Å². The third-order valence-corrected chi connectivity index (χ3v) is 5.98. The molecule has 4 rings (SSSR count). The van der Waals surface area contributed by atoms with Crippen LogP contribution >= 0.6 is 0 Å². The highest BCUT2D eigenvalue weighted by Crippen LogP contribution is 2.21. The molecule has 1 aromatic carbocycles. The first-order valence-electron chi connectivity index (χ1n) is 10.3. The van der Waals surface area contributed by atoms with E-state index < -0.39 is 0 Å². The summed E-state index contributed by atoms with van der Waals surface area (Å²) in [6, 6.07) is 5.62. The van der Waals surface area contributed by atoms with Crippen LogP contribution in [0.3, 0.4) is 0 Å². The molecule has 2 aromatic rings. The summed E-state index contributed by atoms with van der Waals surface area (Å²) in [4.78, 5) is 29.8. The van der Waals surface area contributed by atoms with Crippen LogP contribution in [0.4, 0.5) is 0 Å². The van der Waals surface area contributed by atoms with Gasteiger partial charge in [0, 0.05) is 43.2 Å². The zero-order valence-electron chi connectivity index (χ0n) is 16.5. The van der Waals surface area contributed by atoms with Gasteiger partial charge in [-0.25, -0.2) is 0 Å². The Morgan fingerprint density at radius 2 is 1.96 bits per heavy atom. The van der Waals surface area contributed by atoms with Gasteiger partial charge >= 0.3 is 0 Å². The van der Waals surface area contributed by atoms with E-state index in [0.717, 1.165) is 62.8 Å². The SMILES string of the molecule is CN1C[C@@H](NC(=O)c2ccc3cn[nH]c3c2)CC[C@@H](C(=O)N2CCCCC2)C1. The van der Waals surface area contributed by atoms with Crippen molar-refractivity contribution in [2.45, 2.75) is 38.1 Å². The van der Waals surface area contributed by atoms with E-state index in [0.29, 0.717) is 11.5 Å². The monoisotopic (exact) mass is 383 g/mol. The van der Waals surface area contributed by atoms with Crippen molar-refractivity contribution in [2.75, 3.05) is 33.2 Å². The Hall–Kier alpha value is -2.41. The fourth-order valence-corrected chi connectivity index (χ4v) is 4.45. The van der Waals surface area contributed by atoms with Crippen LogP contribution in [0.25, 0.3) is 10.9 Å². The largest absolute Gasteiger partial charge is 0.348 e. The zero-order chi connectivity index (χ0) is 19.5. The predicted molar refractivity (Wildman–Crippen MR) is 108 cm³/mol. The molecular weight excluding hydrogens is 354 g/mol. The maximum atomic E-state index is 12.9. The number of fused-ring (bicyclic) bond motifs is 1. The van der Waals surface area contributed by atoms with Gasteiger partial charge in [0.2, 0.25) is 5.91 Å². The van der Waals surface area contributed by atoms with E-state index >= 15 is 0 Å². The van der Waals surface area contributed by atoms with Gasteiger partial charge in [0.25, 0.3) is 5.91 Å². The molecule has 2 saturated heterocycles. The molecule has 0 radical (unpaired) electrons. The number of aromatic nitrogens is 2. The predicted octanol–water partition coefficient (Wildman–Crippen LogP) is 2.02. The number of likely N-dealkylation sites (tertiary alicyclic amines) is 2. The molecule has 1 aromatic heterocycles. The Bertz CT molecular complexity index is 842. The minimum Gasteiger partial charge on any atom is -0.348 e. The lowest BCUT2D eigenvalue weighted by Crippen LogP contribution is -2.43. The van der Waals surface area contributed by atoms with E-state index in [9.17, 15) is 9.59 Å². The number of hydrogen-bond donors (Lipinski definition) is 2. The van der Waals surface area contributed by atoms with Crippen LogP contribution in [0.15, 0.2) is 24.4 Å². The van der Waals surface area contributed by atoms with Crippen LogP contribution in [-0.2, 0) is 4.79 Å². The molecule has 2 atom stereocenters. The van der Waals surface area contributed by atoms with Crippen LogP contribution in [0.2, 0.25) is 0 Å². The number of rotatable bonds is 3. The van der Waals surface area contributed by atoms with Crippen LogP contribution in [0.5, 0.6) is 0 Å². The zero-order valence-corrected chi connectivity index (χ0v) is 16.5. The molecule has 0 aliphatic carbocycles. The Morgan fingerprint density at radius 1 is 1.14 bits per heavy atom. The molecule has 3 heterocycles. The summed E-state index contributed by atoms with van der Waals surface area (Å²) in [5.41, 5.74) is 1.49. The topological polar surface area (TPSA) is 81.3 Å². The molecule has 28 heavy (non-hydrogen) atoms. The first kappa shape index (κ1) is 18.9. The highest BCUT2D eigenvalue weighted by molar-refractivity contribution is 5.97. The maximum Gasteiger partial charge on any atom is 0.251 e. The van der Waals surface area contributed by atoms with E-state index in [4.69, 9.17) is 0 Å². The Balaban J connectivity index is 1.37. The number of nitrogens with one attached hydrogen (secondary N) is 2. The van der Waals surface area contributed by atoms with Crippen LogP contribution in [0.1, 0.15) is 42.5 Å².